The predicted octanol–water partition coefficient (Wildman–Crippen LogP) is 19.3. The molecule has 0 saturated heterocycles. The van der Waals surface area contributed by atoms with Gasteiger partial charge in [0, 0.05) is 0 Å². The Bertz CT molecular complexity index is 722. The first-order valence-corrected chi connectivity index (χ1v) is 26.1. The van der Waals surface area contributed by atoms with Crippen LogP contribution in [0.25, 0.3) is 0 Å². The van der Waals surface area contributed by atoms with Crippen LogP contribution in [0, 0.1) is 16.7 Å². The molecule has 0 aliphatic heterocycles. The summed E-state index contributed by atoms with van der Waals surface area (Å²) in [5.74, 6) is 1.02. The maximum absolute atomic E-state index is 13.9. The monoisotopic (exact) mass is 775 g/mol. The van der Waals surface area contributed by atoms with Crippen LogP contribution in [0.1, 0.15) is 312 Å². The highest BCUT2D eigenvalue weighted by atomic mass is 16.5. The normalized spacial score (nSPS) is 12.8. The van der Waals surface area contributed by atoms with E-state index in [9.17, 15) is 4.79 Å². The molecule has 1 atom stereocenters. The van der Waals surface area contributed by atoms with E-state index in [-0.39, 0.29) is 11.4 Å². The lowest BCUT2D eigenvalue weighted by atomic mass is 9.62. The molecule has 0 rings (SSSR count). The number of esters is 1. The summed E-state index contributed by atoms with van der Waals surface area (Å²) in [5.41, 5.74) is 0.285. The third kappa shape index (κ3) is 28.5. The molecule has 55 heavy (non-hydrogen) atoms. The minimum atomic E-state index is -0.258. The van der Waals surface area contributed by atoms with Gasteiger partial charge >= 0.3 is 5.97 Å². The lowest BCUT2D eigenvalue weighted by Crippen LogP contribution is -2.33. The van der Waals surface area contributed by atoms with Gasteiger partial charge in [0.25, 0.3) is 0 Å². The molecular formula is C53H106O2. The van der Waals surface area contributed by atoms with Crippen molar-refractivity contribution in [1.82, 2.24) is 0 Å². The van der Waals surface area contributed by atoms with E-state index in [0.29, 0.717) is 12.0 Å². The Labute approximate surface area is 349 Å². The fourth-order valence-corrected chi connectivity index (χ4v) is 10.1. The Kier molecular flexibility index (Phi) is 39.9. The lowest BCUT2D eigenvalue weighted by molar-refractivity contribution is -0.157. The summed E-state index contributed by atoms with van der Waals surface area (Å²) in [4.78, 5) is 13.9. The van der Waals surface area contributed by atoms with E-state index < -0.39 is 0 Å². The van der Waals surface area contributed by atoms with Gasteiger partial charge in [-0.25, -0.2) is 0 Å². The Morgan fingerprint density at radius 3 is 0.891 bits per heavy atom. The van der Waals surface area contributed by atoms with E-state index in [1.807, 2.05) is 6.92 Å². The summed E-state index contributed by atoms with van der Waals surface area (Å²) in [7, 11) is 0. The molecule has 0 saturated carbocycles. The summed E-state index contributed by atoms with van der Waals surface area (Å²) in [6, 6.07) is 0. The van der Waals surface area contributed by atoms with Crippen LogP contribution in [0.15, 0.2) is 0 Å². The number of carbonyl (C=O) groups is 1. The van der Waals surface area contributed by atoms with Gasteiger partial charge in [-0.15, -0.1) is 0 Å². The van der Waals surface area contributed by atoms with Gasteiger partial charge in [0.05, 0.1) is 12.0 Å². The smallest absolute Gasteiger partial charge is 0.312 e. The Morgan fingerprint density at radius 2 is 0.600 bits per heavy atom. The average molecular weight is 775 g/mol. The van der Waals surface area contributed by atoms with E-state index in [0.717, 1.165) is 25.2 Å². The van der Waals surface area contributed by atoms with Gasteiger partial charge in [0.1, 0.15) is 0 Å². The van der Waals surface area contributed by atoms with E-state index in [2.05, 4.69) is 41.5 Å². The summed E-state index contributed by atoms with van der Waals surface area (Å²) in [6.07, 6.45) is 55.3. The molecule has 2 nitrogen and oxygen atoms in total. The van der Waals surface area contributed by atoms with Crippen molar-refractivity contribution in [2.45, 2.75) is 312 Å². The third-order valence-electron chi connectivity index (χ3n) is 13.8. The molecule has 1 unspecified atom stereocenters. The maximum Gasteiger partial charge on any atom is 0.312 e. The van der Waals surface area contributed by atoms with E-state index >= 15 is 0 Å². The summed E-state index contributed by atoms with van der Waals surface area (Å²) in [5, 5.41) is 0. The lowest BCUT2D eigenvalue weighted by Gasteiger charge is -2.43. The zero-order chi connectivity index (χ0) is 40.6. The molecule has 0 radical (unpaired) electrons. The highest BCUT2D eigenvalue weighted by Gasteiger charge is 2.39. The molecule has 0 spiro atoms. The Hall–Kier alpha value is -0.530. The quantitative estimate of drug-likeness (QED) is 0.0455. The van der Waals surface area contributed by atoms with Gasteiger partial charge in [0.15, 0.2) is 0 Å². The zero-order valence-corrected chi connectivity index (χ0v) is 39.6. The summed E-state index contributed by atoms with van der Waals surface area (Å²) >= 11 is 0. The van der Waals surface area contributed by atoms with Crippen LogP contribution < -0.4 is 0 Å². The molecule has 2 heteroatoms. The van der Waals surface area contributed by atoms with Crippen LogP contribution in [0.3, 0.4) is 0 Å². The van der Waals surface area contributed by atoms with Gasteiger partial charge in [-0.2, -0.15) is 0 Å². The average Bonchev–Trinajstić information content (AvgIpc) is 3.19. The van der Waals surface area contributed by atoms with Crippen molar-refractivity contribution in [2.75, 3.05) is 6.61 Å². The molecule has 0 N–H and O–H groups in total. The van der Waals surface area contributed by atoms with Crippen molar-refractivity contribution in [3.8, 4) is 0 Å². The highest BCUT2D eigenvalue weighted by Crippen LogP contribution is 2.49. The Balaban J connectivity index is 6.16. The number of unbranched alkanes of at least 4 members (excludes halogenated alkanes) is 26. The van der Waals surface area contributed by atoms with Crippen LogP contribution in [-0.4, -0.2) is 12.6 Å². The number of hydrogen-bond donors (Lipinski definition) is 0. The van der Waals surface area contributed by atoms with Crippen LogP contribution in [-0.2, 0) is 9.53 Å². The molecule has 330 valence electrons. The van der Waals surface area contributed by atoms with E-state index in [4.69, 9.17) is 4.74 Å². The third-order valence-corrected chi connectivity index (χ3v) is 13.8. The second-order valence-electron chi connectivity index (χ2n) is 18.7. The van der Waals surface area contributed by atoms with Gasteiger partial charge in [0.2, 0.25) is 0 Å². The number of hydrogen-bond acceptors (Lipinski definition) is 2. The second-order valence-corrected chi connectivity index (χ2v) is 18.7. The first kappa shape index (κ1) is 54.5. The van der Waals surface area contributed by atoms with Crippen molar-refractivity contribution < 1.29 is 9.53 Å². The van der Waals surface area contributed by atoms with Crippen molar-refractivity contribution in [2.24, 2.45) is 16.7 Å². The SMILES string of the molecule is CCCCCCCC(CCCCCC(CCCCCCC)(CCCCCCC)C(=O)OCC)C(CCCCCCC)(CCCCCCC)CCCCCCC. The van der Waals surface area contributed by atoms with Crippen LogP contribution >= 0.6 is 0 Å². The van der Waals surface area contributed by atoms with Crippen LogP contribution in [0.5, 0.6) is 0 Å². The first-order valence-electron chi connectivity index (χ1n) is 26.1. The highest BCUT2D eigenvalue weighted by molar-refractivity contribution is 5.76. The zero-order valence-electron chi connectivity index (χ0n) is 39.6. The van der Waals surface area contributed by atoms with Gasteiger partial charge < -0.3 is 4.74 Å². The van der Waals surface area contributed by atoms with Crippen molar-refractivity contribution in [3.05, 3.63) is 0 Å². The fourth-order valence-electron chi connectivity index (χ4n) is 10.1. The molecular weight excluding hydrogens is 669 g/mol. The van der Waals surface area contributed by atoms with Crippen molar-refractivity contribution >= 4 is 5.97 Å². The van der Waals surface area contributed by atoms with Crippen molar-refractivity contribution in [3.63, 3.8) is 0 Å². The molecule has 0 fully saturated rings. The number of rotatable bonds is 45. The van der Waals surface area contributed by atoms with Crippen LogP contribution in [0.2, 0.25) is 0 Å². The topological polar surface area (TPSA) is 26.3 Å². The first-order chi connectivity index (χ1) is 27.0. The van der Waals surface area contributed by atoms with E-state index in [1.54, 1.807) is 0 Å². The molecule has 0 aromatic carbocycles. The summed E-state index contributed by atoms with van der Waals surface area (Å²) < 4.78 is 5.92. The van der Waals surface area contributed by atoms with Gasteiger partial charge in [-0.3, -0.25) is 4.79 Å². The van der Waals surface area contributed by atoms with Gasteiger partial charge in [-0.1, -0.05) is 253 Å². The predicted molar refractivity (Wildman–Crippen MR) is 248 cm³/mol. The standard InChI is InChI=1S/C53H106O2/c1-8-15-21-27-34-42-50(52(44-36-28-22-16-9-2,45-37-29-23-17-10-3)46-38-30-24-18-11-4)43-35-33-41-49-53(51(54)55-14-7,47-39-31-25-19-12-5)48-40-32-26-20-13-6/h50H,8-49H2,1-7H3. The number of ether oxygens (including phenoxy) is 1. The molecule has 0 bridgehead atoms. The largest absolute Gasteiger partial charge is 0.466 e. The van der Waals surface area contributed by atoms with Gasteiger partial charge in [-0.05, 0) is 69.6 Å². The molecule has 0 amide bonds. The minimum absolute atomic E-state index is 0.138. The molecule has 0 aliphatic carbocycles. The van der Waals surface area contributed by atoms with Crippen molar-refractivity contribution in [1.29, 1.82) is 0 Å². The minimum Gasteiger partial charge on any atom is -0.466 e. The summed E-state index contributed by atoms with van der Waals surface area (Å²) in [6.45, 7) is 16.6. The fraction of sp³-hybridized carbons (Fsp3) is 0.981. The molecule has 0 aromatic rings. The van der Waals surface area contributed by atoms with Crippen LogP contribution in [0.4, 0.5) is 0 Å². The maximum atomic E-state index is 13.9. The molecule has 0 aromatic heterocycles. The number of carbonyl (C=O) groups excluding carboxylic acids is 1. The molecule has 0 heterocycles. The molecule has 0 aliphatic rings. The van der Waals surface area contributed by atoms with E-state index in [1.165, 1.54) is 244 Å². The Morgan fingerprint density at radius 1 is 0.345 bits per heavy atom. The second kappa shape index (κ2) is 40.3.